The number of nitrogens with zero attached hydrogens (tertiary/aromatic N) is 1. The van der Waals surface area contributed by atoms with Crippen LogP contribution in [0.3, 0.4) is 0 Å². The van der Waals surface area contributed by atoms with Gasteiger partial charge in [-0.25, -0.2) is 4.57 Å². The highest BCUT2D eigenvalue weighted by atomic mass is 31.2. The second-order valence-electron chi connectivity index (χ2n) is 12.6. The average molecular weight is 623 g/mol. The number of phosphoric acid groups is 1. The van der Waals surface area contributed by atoms with Gasteiger partial charge >= 0.3 is 19.8 Å². The molecule has 0 amide bonds. The van der Waals surface area contributed by atoms with E-state index in [1.54, 1.807) is 0 Å². The molecular formula is C32H65NO8P+. The van der Waals surface area contributed by atoms with E-state index in [1.807, 2.05) is 21.1 Å². The van der Waals surface area contributed by atoms with E-state index in [1.165, 1.54) is 70.6 Å². The van der Waals surface area contributed by atoms with E-state index in [4.69, 9.17) is 18.5 Å². The molecular weight excluding hydrogens is 557 g/mol. The average Bonchev–Trinajstić information content (AvgIpc) is 2.91. The highest BCUT2D eigenvalue weighted by Gasteiger charge is 2.27. The Morgan fingerprint density at radius 1 is 0.643 bits per heavy atom. The summed E-state index contributed by atoms with van der Waals surface area (Å²) in [4.78, 5) is 34.8. The van der Waals surface area contributed by atoms with Crippen LogP contribution in [0.1, 0.15) is 142 Å². The summed E-state index contributed by atoms with van der Waals surface area (Å²) < 4.78 is 33.9. The molecule has 0 aromatic heterocycles. The van der Waals surface area contributed by atoms with E-state index in [9.17, 15) is 19.0 Å². The number of esters is 2. The summed E-state index contributed by atoms with van der Waals surface area (Å²) >= 11 is 0. The standard InChI is InChI=1S/C32H64NO8P/c1-6-8-10-12-14-15-16-17-19-20-22-24-31(34)38-28-30(29-40-42(36,37)39-27-26-33(3,4)5)41-32(35)25-23-21-18-13-11-9-7-2/h30H,6-29H2,1-5H3/p+1. The van der Waals surface area contributed by atoms with Crippen LogP contribution in [0.2, 0.25) is 0 Å². The maximum absolute atomic E-state index is 12.4. The van der Waals surface area contributed by atoms with Crippen molar-refractivity contribution in [3.8, 4) is 0 Å². The Morgan fingerprint density at radius 3 is 1.52 bits per heavy atom. The molecule has 0 aliphatic heterocycles. The first kappa shape index (κ1) is 41.0. The van der Waals surface area contributed by atoms with Crippen molar-refractivity contribution in [3.05, 3.63) is 0 Å². The summed E-state index contributed by atoms with van der Waals surface area (Å²) in [5.41, 5.74) is 0. The lowest BCUT2D eigenvalue weighted by molar-refractivity contribution is -0.870. The zero-order chi connectivity index (χ0) is 31.5. The van der Waals surface area contributed by atoms with Gasteiger partial charge in [0.15, 0.2) is 6.10 Å². The van der Waals surface area contributed by atoms with Gasteiger partial charge in [0, 0.05) is 12.8 Å². The zero-order valence-corrected chi connectivity index (χ0v) is 28.6. The number of likely N-dealkylation sites (N-methyl/N-ethyl adjacent to an activating group) is 1. The molecule has 0 aliphatic carbocycles. The van der Waals surface area contributed by atoms with Crippen molar-refractivity contribution in [2.45, 2.75) is 148 Å². The number of ether oxygens (including phenoxy) is 2. The van der Waals surface area contributed by atoms with Gasteiger partial charge in [-0.2, -0.15) is 0 Å². The van der Waals surface area contributed by atoms with Gasteiger partial charge in [0.2, 0.25) is 0 Å². The Balaban J connectivity index is 4.46. The van der Waals surface area contributed by atoms with E-state index in [-0.39, 0.29) is 25.6 Å². The van der Waals surface area contributed by atoms with Gasteiger partial charge in [-0.3, -0.25) is 18.6 Å². The van der Waals surface area contributed by atoms with Gasteiger partial charge in [0.05, 0.1) is 27.7 Å². The third-order valence-electron chi connectivity index (χ3n) is 7.14. The van der Waals surface area contributed by atoms with E-state index < -0.39 is 26.5 Å². The van der Waals surface area contributed by atoms with Gasteiger partial charge in [-0.05, 0) is 12.8 Å². The van der Waals surface area contributed by atoms with Crippen LogP contribution in [0.15, 0.2) is 0 Å². The maximum atomic E-state index is 12.4. The molecule has 0 heterocycles. The molecule has 42 heavy (non-hydrogen) atoms. The van der Waals surface area contributed by atoms with Crippen LogP contribution in [0, 0.1) is 0 Å². The van der Waals surface area contributed by atoms with Gasteiger partial charge < -0.3 is 18.9 Å². The topological polar surface area (TPSA) is 108 Å². The fourth-order valence-corrected chi connectivity index (χ4v) is 5.17. The minimum atomic E-state index is -4.35. The lowest BCUT2D eigenvalue weighted by Crippen LogP contribution is -2.37. The summed E-state index contributed by atoms with van der Waals surface area (Å²) in [6, 6.07) is 0. The molecule has 0 radical (unpaired) electrons. The third kappa shape index (κ3) is 29.1. The number of hydrogen-bond donors (Lipinski definition) is 1. The first-order chi connectivity index (χ1) is 20.0. The summed E-state index contributed by atoms with van der Waals surface area (Å²) in [7, 11) is 1.48. The fraction of sp³-hybridized carbons (Fsp3) is 0.938. The van der Waals surface area contributed by atoms with Crippen molar-refractivity contribution in [2.75, 3.05) is 47.5 Å². The highest BCUT2D eigenvalue weighted by molar-refractivity contribution is 7.47. The molecule has 0 saturated heterocycles. The van der Waals surface area contributed by atoms with Crippen LogP contribution < -0.4 is 0 Å². The molecule has 2 unspecified atom stereocenters. The molecule has 2 atom stereocenters. The van der Waals surface area contributed by atoms with Gasteiger partial charge in [0.25, 0.3) is 0 Å². The number of carbonyl (C=O) groups excluding carboxylic acids is 2. The molecule has 0 aromatic carbocycles. The minimum Gasteiger partial charge on any atom is -0.462 e. The summed E-state index contributed by atoms with van der Waals surface area (Å²) in [6.07, 6.45) is 20.2. The van der Waals surface area contributed by atoms with Crippen molar-refractivity contribution < 1.29 is 42.1 Å². The quantitative estimate of drug-likeness (QED) is 0.0370. The van der Waals surface area contributed by atoms with Crippen LogP contribution in [-0.4, -0.2) is 74.9 Å². The molecule has 0 fully saturated rings. The van der Waals surface area contributed by atoms with E-state index >= 15 is 0 Å². The molecule has 0 spiro atoms. The largest absolute Gasteiger partial charge is 0.472 e. The van der Waals surface area contributed by atoms with E-state index in [0.717, 1.165) is 38.5 Å². The van der Waals surface area contributed by atoms with Crippen LogP contribution >= 0.6 is 7.82 Å². The predicted molar refractivity (Wildman–Crippen MR) is 169 cm³/mol. The van der Waals surface area contributed by atoms with Gasteiger partial charge in [-0.1, -0.05) is 117 Å². The fourth-order valence-electron chi connectivity index (χ4n) is 4.42. The molecule has 0 aliphatic rings. The molecule has 1 N–H and O–H groups in total. The van der Waals surface area contributed by atoms with E-state index in [0.29, 0.717) is 23.9 Å². The summed E-state index contributed by atoms with van der Waals surface area (Å²) in [5, 5.41) is 0. The number of quaternary nitrogens is 1. The molecule has 0 aromatic rings. The molecule has 9 nitrogen and oxygen atoms in total. The second-order valence-corrected chi connectivity index (χ2v) is 14.0. The third-order valence-corrected chi connectivity index (χ3v) is 8.12. The number of hydrogen-bond acceptors (Lipinski definition) is 7. The first-order valence-corrected chi connectivity index (χ1v) is 18.3. The smallest absolute Gasteiger partial charge is 0.462 e. The Labute approximate surface area is 257 Å². The molecule has 10 heteroatoms. The molecule has 250 valence electrons. The van der Waals surface area contributed by atoms with Crippen LogP contribution in [0.4, 0.5) is 0 Å². The first-order valence-electron chi connectivity index (χ1n) is 16.8. The van der Waals surface area contributed by atoms with Crippen molar-refractivity contribution >= 4 is 19.8 Å². The van der Waals surface area contributed by atoms with Crippen molar-refractivity contribution in [3.63, 3.8) is 0 Å². The SMILES string of the molecule is CCCCCCCCCCCCCC(=O)OCC(COP(=O)(O)OCC[N+](C)(C)C)OC(=O)CCCCCCCCC. The van der Waals surface area contributed by atoms with Crippen molar-refractivity contribution in [2.24, 2.45) is 0 Å². The lowest BCUT2D eigenvalue weighted by Gasteiger charge is -2.24. The maximum Gasteiger partial charge on any atom is 0.472 e. The molecule has 0 bridgehead atoms. The number of carbonyl (C=O) groups is 2. The van der Waals surface area contributed by atoms with Crippen molar-refractivity contribution in [1.29, 1.82) is 0 Å². The number of phosphoric ester groups is 1. The predicted octanol–water partition coefficient (Wildman–Crippen LogP) is 8.12. The Bertz CT molecular complexity index is 713. The van der Waals surface area contributed by atoms with Crippen LogP contribution in [-0.2, 0) is 32.7 Å². The lowest BCUT2D eigenvalue weighted by atomic mass is 10.1. The molecule has 0 rings (SSSR count). The Morgan fingerprint density at radius 2 is 1.07 bits per heavy atom. The van der Waals surface area contributed by atoms with E-state index in [2.05, 4.69) is 13.8 Å². The minimum absolute atomic E-state index is 0.0356. The zero-order valence-electron chi connectivity index (χ0n) is 27.7. The Hall–Kier alpha value is -0.990. The summed E-state index contributed by atoms with van der Waals surface area (Å²) in [6.45, 7) is 4.34. The highest BCUT2D eigenvalue weighted by Crippen LogP contribution is 2.43. The van der Waals surface area contributed by atoms with Crippen LogP contribution in [0.5, 0.6) is 0 Å². The van der Waals surface area contributed by atoms with Crippen LogP contribution in [0.25, 0.3) is 0 Å². The monoisotopic (exact) mass is 622 g/mol. The number of rotatable bonds is 30. The molecule has 0 saturated carbocycles. The summed E-state index contributed by atoms with van der Waals surface area (Å²) in [5.74, 6) is -0.803. The Kier molecular flexibility index (Phi) is 25.8. The second kappa shape index (κ2) is 26.4. The van der Waals surface area contributed by atoms with Gasteiger partial charge in [-0.15, -0.1) is 0 Å². The number of unbranched alkanes of at least 4 members (excludes halogenated alkanes) is 16. The van der Waals surface area contributed by atoms with Gasteiger partial charge in [0.1, 0.15) is 19.8 Å². The normalized spacial score (nSPS) is 14.0. The van der Waals surface area contributed by atoms with Crippen molar-refractivity contribution in [1.82, 2.24) is 0 Å².